The second kappa shape index (κ2) is 40.5. The molecule has 113 heavy (non-hydrogen) atoms. The van der Waals surface area contributed by atoms with Crippen LogP contribution in [0.4, 0.5) is 26.3 Å². The highest BCUT2D eigenvalue weighted by Crippen LogP contribution is 2.31. The van der Waals surface area contributed by atoms with E-state index in [-0.39, 0.29) is 29.6 Å². The van der Waals surface area contributed by atoms with E-state index < -0.39 is 46.8 Å². The molecule has 12 aromatic rings. The zero-order chi connectivity index (χ0) is 80.9. The number of aromatic nitrogens is 3. The number of carbonyl (C=O) groups is 4. The third-order valence-electron chi connectivity index (χ3n) is 17.6. The summed E-state index contributed by atoms with van der Waals surface area (Å²) < 4.78 is 105. The Balaban J connectivity index is 0.000000173. The van der Waals surface area contributed by atoms with E-state index in [9.17, 15) is 50.6 Å². The largest absolute Gasteiger partial charge is 0.489 e. The Morgan fingerprint density at radius 3 is 1.12 bits per heavy atom. The molecular formula is C91H83F6N3O13. The van der Waals surface area contributed by atoms with Crippen molar-refractivity contribution in [2.45, 2.75) is 116 Å². The van der Waals surface area contributed by atoms with Crippen LogP contribution in [0.25, 0.3) is 0 Å². The third kappa shape index (κ3) is 28.1. The molecule has 582 valence electrons. The number of halogens is 6. The van der Waals surface area contributed by atoms with Crippen molar-refractivity contribution in [3.63, 3.8) is 0 Å². The van der Waals surface area contributed by atoms with E-state index in [2.05, 4.69) is 15.0 Å². The van der Waals surface area contributed by atoms with Gasteiger partial charge in [-0.1, -0.05) is 109 Å². The number of ether oxygens (including phenoxy) is 5. The molecule has 9 aromatic carbocycles. The lowest BCUT2D eigenvalue weighted by Crippen LogP contribution is -2.37. The van der Waals surface area contributed by atoms with Crippen LogP contribution in [-0.4, -0.2) is 64.9 Å². The van der Waals surface area contributed by atoms with Gasteiger partial charge in [0, 0.05) is 23.8 Å². The normalized spacial score (nSPS) is 11.1. The van der Waals surface area contributed by atoms with E-state index in [0.717, 1.165) is 105 Å². The Morgan fingerprint density at radius 2 is 0.690 bits per heavy atom. The lowest BCUT2D eigenvalue weighted by atomic mass is 9.98. The molecule has 0 amide bonds. The van der Waals surface area contributed by atoms with Gasteiger partial charge in [0.2, 0.25) is 0 Å². The Bertz CT molecular complexity index is 5050. The first-order valence-electron chi connectivity index (χ1n) is 36.0. The van der Waals surface area contributed by atoms with Crippen molar-refractivity contribution in [1.29, 1.82) is 0 Å². The molecule has 22 heteroatoms. The Morgan fingerprint density at radius 1 is 0.327 bits per heavy atom. The van der Waals surface area contributed by atoms with E-state index in [0.29, 0.717) is 78.6 Å². The maximum absolute atomic E-state index is 13.1. The molecule has 3 aromatic heterocycles. The first-order valence-corrected chi connectivity index (χ1v) is 36.0. The van der Waals surface area contributed by atoms with E-state index in [1.165, 1.54) is 68.6 Å². The van der Waals surface area contributed by atoms with Gasteiger partial charge in [0.1, 0.15) is 71.6 Å². The minimum atomic E-state index is -4.35. The number of rotatable bonds is 30. The van der Waals surface area contributed by atoms with E-state index in [4.69, 9.17) is 39.0 Å². The second-order valence-electron chi connectivity index (χ2n) is 27.2. The second-order valence-corrected chi connectivity index (χ2v) is 27.2. The van der Waals surface area contributed by atoms with Crippen LogP contribution in [0.5, 0.6) is 28.7 Å². The third-order valence-corrected chi connectivity index (χ3v) is 17.6. The predicted molar refractivity (Wildman–Crippen MR) is 415 cm³/mol. The van der Waals surface area contributed by atoms with E-state index in [1.54, 1.807) is 116 Å². The minimum absolute atomic E-state index is 0.162. The number of aryl methyl sites for hydroxylation is 8. The fourth-order valence-electron chi connectivity index (χ4n) is 11.1. The highest BCUT2D eigenvalue weighted by Gasteiger charge is 2.31. The molecule has 0 saturated carbocycles. The summed E-state index contributed by atoms with van der Waals surface area (Å²) in [5.74, 6) is -1.49. The van der Waals surface area contributed by atoms with Crippen LogP contribution in [0.1, 0.15) is 131 Å². The first-order chi connectivity index (χ1) is 54.1. The maximum Gasteiger partial charge on any atom is 0.416 e. The fraction of sp³-hybridized carbons (Fsp3) is 0.198. The summed E-state index contributed by atoms with van der Waals surface area (Å²) in [6.07, 6.45) is 7.78. The number of pyridine rings is 3. The van der Waals surface area contributed by atoms with Crippen LogP contribution < -0.4 is 23.7 Å². The monoisotopic (exact) mass is 1540 g/mol. The predicted octanol–water partition coefficient (Wildman–Crippen LogP) is 19.9. The lowest BCUT2D eigenvalue weighted by molar-refractivity contribution is -0.152. The standard InChI is InChI=1S/C24H24FNO4.C24H23FO3.C22H18F3NO3.C21H18FNO3/c1-24(2,23(27)28)30-21-5-3-4-17(14-21)8-11-20-12-13-22(15-26-20)29-16-18-6-9-19(25)10-7-18;1-24(2,20-10-12-21(25)13-11-20)28-22-14-8-17(9-15-22)6-7-18-4-3-5-19(16-18)23(26)27;23-22(24,25)19-7-3-16(4-8-19)14-29-20-9-5-15(6-10-20)1-2-17-11-18(21(27)28)13-26-12-17;22-18-7-4-16(5-8-18)14-26-20-11-10-19(23-13-20)9-6-15-2-1-3-17(12-15)21(24)25/h3-7,9-10,12-15H,8,11,16H2,1-2H3,(H,27,28);3-5,8-16H,6-7H2,1-2H3,(H,26,27);3-13H,1-2,14H2,(H,27,28);1-5,7-8,10-13H,6,9,14H2,(H,24,25). The van der Waals surface area contributed by atoms with Crippen molar-refractivity contribution in [3.8, 4) is 28.7 Å². The van der Waals surface area contributed by atoms with Crippen LogP contribution in [0.15, 0.2) is 274 Å². The smallest absolute Gasteiger partial charge is 0.416 e. The van der Waals surface area contributed by atoms with E-state index >= 15 is 0 Å². The van der Waals surface area contributed by atoms with Crippen molar-refractivity contribution >= 4 is 23.9 Å². The van der Waals surface area contributed by atoms with Crippen LogP contribution in [0.3, 0.4) is 0 Å². The Kier molecular flexibility index (Phi) is 30.1. The number of hydrogen-bond acceptors (Lipinski definition) is 12. The van der Waals surface area contributed by atoms with Gasteiger partial charge < -0.3 is 44.1 Å². The number of hydrogen-bond donors (Lipinski definition) is 4. The van der Waals surface area contributed by atoms with Gasteiger partial charge in [0.05, 0.1) is 34.6 Å². The fourth-order valence-corrected chi connectivity index (χ4v) is 11.1. The van der Waals surface area contributed by atoms with Gasteiger partial charge in [-0.05, 0) is 274 Å². The highest BCUT2D eigenvalue weighted by molar-refractivity contribution is 5.88. The molecule has 3 heterocycles. The zero-order valence-corrected chi connectivity index (χ0v) is 62.3. The number of alkyl halides is 3. The van der Waals surface area contributed by atoms with Gasteiger partial charge in [-0.25, -0.2) is 32.3 Å². The van der Waals surface area contributed by atoms with Crippen molar-refractivity contribution in [2.24, 2.45) is 0 Å². The summed E-state index contributed by atoms with van der Waals surface area (Å²) >= 11 is 0. The highest BCUT2D eigenvalue weighted by atomic mass is 19.4. The summed E-state index contributed by atoms with van der Waals surface area (Å²) in [6, 6.07) is 69.3. The van der Waals surface area contributed by atoms with Crippen molar-refractivity contribution < 1.29 is 89.6 Å². The van der Waals surface area contributed by atoms with E-state index in [1.807, 2.05) is 105 Å². The Hall–Kier alpha value is -13.1. The molecular weight excluding hydrogens is 1460 g/mol. The average molecular weight is 1540 g/mol. The molecule has 0 fully saturated rings. The van der Waals surface area contributed by atoms with Gasteiger partial charge in [-0.2, -0.15) is 13.2 Å². The van der Waals surface area contributed by atoms with Crippen molar-refractivity contribution in [2.75, 3.05) is 0 Å². The van der Waals surface area contributed by atoms with Gasteiger partial charge in [0.15, 0.2) is 5.60 Å². The lowest BCUT2D eigenvalue weighted by Gasteiger charge is -2.27. The Labute approximate surface area is 650 Å². The van der Waals surface area contributed by atoms with Crippen LogP contribution in [0.2, 0.25) is 0 Å². The molecule has 0 aliphatic heterocycles. The quantitative estimate of drug-likeness (QED) is 0.0306. The SMILES string of the molecule is CC(C)(Oc1ccc(CCc2cccc(C(=O)O)c2)cc1)c1ccc(F)cc1.CC(C)(Oc1cccc(CCc2ccc(OCc3ccc(F)cc3)cn2)c1)C(=O)O.O=C(O)c1cccc(CCc2ccc(OCc3ccc(F)cc3)cn2)c1.O=C(O)c1cncc(CCc2ccc(OCc3ccc(C(F)(F)F)cc3)cc2)c1. The zero-order valence-electron chi connectivity index (χ0n) is 62.3. The van der Waals surface area contributed by atoms with Gasteiger partial charge in [-0.3, -0.25) is 15.0 Å². The summed E-state index contributed by atoms with van der Waals surface area (Å²) in [6.45, 7) is 7.81. The molecule has 12 rings (SSSR count). The molecule has 0 spiro atoms. The molecule has 0 aliphatic carbocycles. The number of carboxylic acid groups (broad SMARTS) is 4. The summed E-state index contributed by atoms with van der Waals surface area (Å²) in [7, 11) is 0. The number of carboxylic acids is 4. The van der Waals surface area contributed by atoms with Crippen LogP contribution >= 0.6 is 0 Å². The average Bonchev–Trinajstić information content (AvgIpc) is 0.966. The molecule has 0 radical (unpaired) electrons. The van der Waals surface area contributed by atoms with Gasteiger partial charge in [0.25, 0.3) is 0 Å². The van der Waals surface area contributed by atoms with Crippen molar-refractivity contribution in [1.82, 2.24) is 15.0 Å². The van der Waals surface area contributed by atoms with Crippen LogP contribution in [-0.2, 0) is 87.8 Å². The van der Waals surface area contributed by atoms with Crippen LogP contribution in [0, 0.1) is 17.5 Å². The topological polar surface area (TPSA) is 234 Å². The number of aromatic carboxylic acids is 3. The molecule has 4 N–H and O–H groups in total. The minimum Gasteiger partial charge on any atom is -0.489 e. The van der Waals surface area contributed by atoms with Gasteiger partial charge >= 0.3 is 30.1 Å². The molecule has 0 saturated heterocycles. The van der Waals surface area contributed by atoms with Gasteiger partial charge in [-0.15, -0.1) is 0 Å². The maximum atomic E-state index is 13.1. The molecule has 0 atom stereocenters. The summed E-state index contributed by atoms with van der Waals surface area (Å²) in [5, 5.41) is 36.3. The molecule has 0 aliphatic rings. The first kappa shape index (κ1) is 83.9. The summed E-state index contributed by atoms with van der Waals surface area (Å²) in [4.78, 5) is 57.0. The number of benzene rings is 9. The molecule has 0 unspecified atom stereocenters. The number of aliphatic carboxylic acids is 1. The molecule has 0 bridgehead atoms. The van der Waals surface area contributed by atoms with Crippen molar-refractivity contribution in [3.05, 3.63) is 380 Å². The molecule has 16 nitrogen and oxygen atoms in total. The number of nitrogens with zero attached hydrogens (tertiary/aromatic N) is 3. The summed E-state index contributed by atoms with van der Waals surface area (Å²) in [5.41, 5.74) is 9.37.